The van der Waals surface area contributed by atoms with Crippen LogP contribution in [0.2, 0.25) is 0 Å². The molecule has 182 valence electrons. The Morgan fingerprint density at radius 3 is 2.55 bits per heavy atom. The normalized spacial score (nSPS) is 13.0. The summed E-state index contributed by atoms with van der Waals surface area (Å²) in [6, 6.07) is 27.4. The second-order valence-electron chi connectivity index (χ2n) is 10.1. The highest BCUT2D eigenvalue weighted by atomic mass is 16.5. The van der Waals surface area contributed by atoms with Gasteiger partial charge < -0.3 is 19.2 Å². The summed E-state index contributed by atoms with van der Waals surface area (Å²) in [6.07, 6.45) is 2.05. The quantitative estimate of drug-likeness (QED) is 0.269. The molecule has 5 nitrogen and oxygen atoms in total. The van der Waals surface area contributed by atoms with E-state index in [1.54, 1.807) is 7.11 Å². The molecule has 1 N–H and O–H groups in total. The molecule has 8 rings (SSSR count). The van der Waals surface area contributed by atoms with E-state index in [-0.39, 0.29) is 6.71 Å². The molecule has 0 unspecified atom stereocenters. The molecule has 6 aromatic rings. The minimum atomic E-state index is 0.0580. The summed E-state index contributed by atoms with van der Waals surface area (Å²) < 4.78 is 21.4. The molecular formula is C32H24BN2O3+. The fourth-order valence-corrected chi connectivity index (χ4v) is 6.30. The SMILES string of the molecule is COc1cc2c(oc3c4c(ccc32)B2c3ccccc3Nc3cccc(c32)O4)c(-c2cccc[n+]2C)c1C. The van der Waals surface area contributed by atoms with E-state index in [4.69, 9.17) is 13.9 Å². The van der Waals surface area contributed by atoms with Crippen molar-refractivity contribution in [1.82, 2.24) is 0 Å². The second kappa shape index (κ2) is 7.65. The molecule has 0 aliphatic carbocycles. The van der Waals surface area contributed by atoms with E-state index >= 15 is 0 Å². The Hall–Kier alpha value is -4.71. The van der Waals surface area contributed by atoms with Crippen LogP contribution in [0.25, 0.3) is 33.2 Å². The largest absolute Gasteiger partial charge is 0.496 e. The van der Waals surface area contributed by atoms with Crippen LogP contribution >= 0.6 is 0 Å². The van der Waals surface area contributed by atoms with Gasteiger partial charge in [0.2, 0.25) is 5.69 Å². The lowest BCUT2D eigenvalue weighted by Gasteiger charge is -2.33. The lowest BCUT2D eigenvalue weighted by molar-refractivity contribution is -0.660. The van der Waals surface area contributed by atoms with Gasteiger partial charge in [-0.2, -0.15) is 0 Å². The Kier molecular flexibility index (Phi) is 4.31. The molecule has 0 radical (unpaired) electrons. The summed E-state index contributed by atoms with van der Waals surface area (Å²) in [6.45, 7) is 2.14. The van der Waals surface area contributed by atoms with Gasteiger partial charge in [-0.3, -0.25) is 0 Å². The number of aryl methyl sites for hydroxylation is 1. The van der Waals surface area contributed by atoms with Gasteiger partial charge in [0, 0.05) is 39.8 Å². The zero-order chi connectivity index (χ0) is 25.5. The molecule has 0 saturated carbocycles. The van der Waals surface area contributed by atoms with Crippen molar-refractivity contribution in [2.24, 2.45) is 7.05 Å². The highest BCUT2D eigenvalue weighted by Gasteiger charge is 2.40. The summed E-state index contributed by atoms with van der Waals surface area (Å²) in [7, 11) is 3.77. The Morgan fingerprint density at radius 2 is 1.68 bits per heavy atom. The smallest absolute Gasteiger partial charge is 0.256 e. The molecule has 4 heterocycles. The Labute approximate surface area is 220 Å². The maximum Gasteiger partial charge on any atom is 0.256 e. The molecule has 2 aliphatic heterocycles. The third kappa shape index (κ3) is 2.74. The van der Waals surface area contributed by atoms with E-state index in [9.17, 15) is 0 Å². The van der Waals surface area contributed by atoms with E-state index < -0.39 is 0 Å². The Bertz CT molecular complexity index is 1960. The molecule has 0 amide bonds. The third-order valence-corrected chi connectivity index (χ3v) is 8.08. The van der Waals surface area contributed by atoms with Crippen LogP contribution in [-0.2, 0) is 7.05 Å². The van der Waals surface area contributed by atoms with Crippen LogP contribution < -0.4 is 35.7 Å². The number of nitrogens with one attached hydrogen (secondary N) is 1. The van der Waals surface area contributed by atoms with Gasteiger partial charge in [0.05, 0.1) is 12.7 Å². The first kappa shape index (κ1) is 21.4. The van der Waals surface area contributed by atoms with Gasteiger partial charge in [-0.15, -0.1) is 0 Å². The molecular weight excluding hydrogens is 471 g/mol. The number of fused-ring (bicyclic) bond motifs is 8. The van der Waals surface area contributed by atoms with Crippen molar-refractivity contribution < 1.29 is 18.5 Å². The number of hydrogen-bond donors (Lipinski definition) is 1. The highest BCUT2D eigenvalue weighted by molar-refractivity contribution is 6.99. The number of pyridine rings is 1. The van der Waals surface area contributed by atoms with E-state index in [1.165, 1.54) is 10.9 Å². The first-order chi connectivity index (χ1) is 18.6. The van der Waals surface area contributed by atoms with Crippen molar-refractivity contribution in [2.75, 3.05) is 12.4 Å². The summed E-state index contributed by atoms with van der Waals surface area (Å²) >= 11 is 0. The van der Waals surface area contributed by atoms with E-state index in [0.29, 0.717) is 0 Å². The number of methoxy groups -OCH3 is 1. The third-order valence-electron chi connectivity index (χ3n) is 8.08. The van der Waals surface area contributed by atoms with Gasteiger partial charge in [0.1, 0.15) is 24.1 Å². The van der Waals surface area contributed by atoms with E-state index in [2.05, 4.69) is 96.8 Å². The summed E-state index contributed by atoms with van der Waals surface area (Å²) in [5.74, 6) is 2.48. The summed E-state index contributed by atoms with van der Waals surface area (Å²) in [5, 5.41) is 5.62. The van der Waals surface area contributed by atoms with Crippen LogP contribution in [0, 0.1) is 6.92 Å². The van der Waals surface area contributed by atoms with Crippen LogP contribution in [0.4, 0.5) is 11.4 Å². The van der Waals surface area contributed by atoms with E-state index in [1.807, 2.05) is 12.1 Å². The molecule has 0 spiro atoms. The number of anilines is 2. The number of furan rings is 1. The van der Waals surface area contributed by atoms with Crippen LogP contribution in [0.5, 0.6) is 17.2 Å². The van der Waals surface area contributed by atoms with Crippen LogP contribution in [0.15, 0.2) is 89.5 Å². The fraction of sp³-hybridized carbons (Fsp3) is 0.0938. The van der Waals surface area contributed by atoms with Crippen molar-refractivity contribution in [3.05, 3.63) is 90.6 Å². The number of nitrogens with zero attached hydrogens (tertiary/aromatic N) is 1. The first-order valence-electron chi connectivity index (χ1n) is 12.8. The number of para-hydroxylation sites is 1. The number of hydrogen-bond acceptors (Lipinski definition) is 4. The van der Waals surface area contributed by atoms with Gasteiger partial charge in [0.25, 0.3) is 6.71 Å². The Balaban J connectivity index is 1.46. The average molecular weight is 495 g/mol. The van der Waals surface area contributed by atoms with Gasteiger partial charge >= 0.3 is 0 Å². The molecule has 38 heavy (non-hydrogen) atoms. The van der Waals surface area contributed by atoms with Crippen LogP contribution in [-0.4, -0.2) is 13.8 Å². The number of rotatable bonds is 2. The monoisotopic (exact) mass is 495 g/mol. The average Bonchev–Trinajstić information content (AvgIpc) is 3.32. The lowest BCUT2D eigenvalue weighted by Crippen LogP contribution is -2.58. The zero-order valence-electron chi connectivity index (χ0n) is 21.3. The topological polar surface area (TPSA) is 47.5 Å². The first-order valence-corrected chi connectivity index (χ1v) is 12.8. The zero-order valence-corrected chi connectivity index (χ0v) is 21.3. The van der Waals surface area contributed by atoms with Gasteiger partial charge in [-0.25, -0.2) is 4.57 Å². The minimum Gasteiger partial charge on any atom is -0.496 e. The maximum absolute atomic E-state index is 6.81. The number of ether oxygens (including phenoxy) is 2. The standard InChI is InChI=1S/C32H24BN2O3/c1-18-27(36-3)17-20-19-14-15-22-32(31(19)38-30(20)28(18)25-12-6-7-16-35(25)2)37-26-13-8-11-24-29(26)33(22)21-9-4-5-10-23(21)34-24/h4-17,34H,1-3H3/q+1. The minimum absolute atomic E-state index is 0.0580. The van der Waals surface area contributed by atoms with Crippen LogP contribution in [0.1, 0.15) is 5.56 Å². The lowest BCUT2D eigenvalue weighted by atomic mass is 9.34. The predicted molar refractivity (Wildman–Crippen MR) is 153 cm³/mol. The van der Waals surface area contributed by atoms with Crippen molar-refractivity contribution in [1.29, 1.82) is 0 Å². The predicted octanol–water partition coefficient (Wildman–Crippen LogP) is 5.07. The molecule has 0 bridgehead atoms. The van der Waals surface area contributed by atoms with Gasteiger partial charge in [-0.05, 0) is 53.6 Å². The molecule has 2 aliphatic rings. The van der Waals surface area contributed by atoms with E-state index in [0.717, 1.165) is 72.8 Å². The molecule has 2 aromatic heterocycles. The highest BCUT2D eigenvalue weighted by Crippen LogP contribution is 2.45. The van der Waals surface area contributed by atoms with Crippen molar-refractivity contribution in [3.63, 3.8) is 0 Å². The molecule has 6 heteroatoms. The van der Waals surface area contributed by atoms with Crippen molar-refractivity contribution in [2.45, 2.75) is 6.92 Å². The summed E-state index contributed by atoms with van der Waals surface area (Å²) in [4.78, 5) is 0. The van der Waals surface area contributed by atoms with Gasteiger partial charge in [0.15, 0.2) is 17.5 Å². The van der Waals surface area contributed by atoms with Crippen molar-refractivity contribution >= 4 is 56.4 Å². The van der Waals surface area contributed by atoms with Gasteiger partial charge in [-0.1, -0.05) is 36.4 Å². The molecule has 0 saturated heterocycles. The molecule has 4 aromatic carbocycles. The fourth-order valence-electron chi connectivity index (χ4n) is 6.30. The summed E-state index contributed by atoms with van der Waals surface area (Å²) in [5.41, 5.74) is 10.5. The maximum atomic E-state index is 6.81. The molecule has 0 fully saturated rings. The Morgan fingerprint density at radius 1 is 0.842 bits per heavy atom. The molecule has 0 atom stereocenters. The number of aromatic nitrogens is 1. The second-order valence-corrected chi connectivity index (χ2v) is 10.1. The van der Waals surface area contributed by atoms with Crippen molar-refractivity contribution in [3.8, 4) is 28.5 Å². The number of benzene rings is 4. The van der Waals surface area contributed by atoms with Crippen LogP contribution in [0.3, 0.4) is 0 Å².